The van der Waals surface area contributed by atoms with E-state index in [1.165, 1.54) is 29.6 Å². The number of halogens is 1. The third-order valence-corrected chi connectivity index (χ3v) is 6.46. The molecule has 1 aliphatic rings. The molecule has 0 spiro atoms. The van der Waals surface area contributed by atoms with Crippen LogP contribution in [0, 0.1) is 11.7 Å². The molecule has 1 aromatic carbocycles. The molecule has 0 saturated carbocycles. The monoisotopic (exact) mass is 417 g/mol. The Morgan fingerprint density at radius 1 is 1.28 bits per heavy atom. The molecule has 0 bridgehead atoms. The normalized spacial score (nSPS) is 16.2. The van der Waals surface area contributed by atoms with Gasteiger partial charge in [-0.25, -0.2) is 9.37 Å². The van der Waals surface area contributed by atoms with E-state index in [4.69, 9.17) is 0 Å². The lowest BCUT2D eigenvalue weighted by Gasteiger charge is -2.31. The molecule has 1 fully saturated rings. The summed E-state index contributed by atoms with van der Waals surface area (Å²) in [5, 5.41) is 10.1. The number of aryl methyl sites for hydroxylation is 1. The first-order valence-electron chi connectivity index (χ1n) is 10.5. The first-order chi connectivity index (χ1) is 14.2. The lowest BCUT2D eigenvalue weighted by atomic mass is 9.97. The minimum absolute atomic E-state index is 0.146. The van der Waals surface area contributed by atoms with Gasteiger partial charge in [-0.15, -0.1) is 11.3 Å². The molecule has 5 nitrogen and oxygen atoms in total. The van der Waals surface area contributed by atoms with Gasteiger partial charge in [0.2, 0.25) is 0 Å². The van der Waals surface area contributed by atoms with Gasteiger partial charge in [0.25, 0.3) is 0 Å². The number of aliphatic imine (C=N–C) groups is 1. The van der Waals surface area contributed by atoms with E-state index in [0.717, 1.165) is 44.1 Å². The molecule has 1 saturated heterocycles. The average Bonchev–Trinajstić information content (AvgIpc) is 3.20. The summed E-state index contributed by atoms with van der Waals surface area (Å²) < 4.78 is 13.7. The molecule has 158 valence electrons. The van der Waals surface area contributed by atoms with Gasteiger partial charge >= 0.3 is 0 Å². The number of guanidine groups is 1. The molecular weight excluding hydrogens is 385 g/mol. The second kappa shape index (κ2) is 11.3. The summed E-state index contributed by atoms with van der Waals surface area (Å²) in [5.74, 6) is 1.30. The van der Waals surface area contributed by atoms with E-state index in [1.54, 1.807) is 24.5 Å². The van der Waals surface area contributed by atoms with E-state index >= 15 is 0 Å². The summed E-state index contributed by atoms with van der Waals surface area (Å²) >= 11 is 1.77. The highest BCUT2D eigenvalue weighted by Gasteiger charge is 2.20. The van der Waals surface area contributed by atoms with E-state index in [1.807, 2.05) is 12.1 Å². The van der Waals surface area contributed by atoms with Crippen molar-refractivity contribution < 1.29 is 4.39 Å². The second-order valence-corrected chi connectivity index (χ2v) is 8.47. The second-order valence-electron chi connectivity index (χ2n) is 7.53. The Hall–Kier alpha value is -1.99. The van der Waals surface area contributed by atoms with Crippen LogP contribution in [0.25, 0.3) is 0 Å². The molecule has 29 heavy (non-hydrogen) atoms. The van der Waals surface area contributed by atoms with Crippen LogP contribution in [0.5, 0.6) is 0 Å². The zero-order chi connectivity index (χ0) is 20.5. The molecule has 0 radical (unpaired) electrons. The quantitative estimate of drug-likeness (QED) is 0.510. The van der Waals surface area contributed by atoms with Gasteiger partial charge in [-0.1, -0.05) is 25.1 Å². The van der Waals surface area contributed by atoms with Crippen molar-refractivity contribution in [2.45, 2.75) is 39.2 Å². The van der Waals surface area contributed by atoms with Gasteiger partial charge in [0, 0.05) is 32.1 Å². The molecule has 0 unspecified atom stereocenters. The van der Waals surface area contributed by atoms with Crippen LogP contribution in [0.2, 0.25) is 0 Å². The highest BCUT2D eigenvalue weighted by molar-refractivity contribution is 7.09. The molecule has 0 atom stereocenters. The zero-order valence-corrected chi connectivity index (χ0v) is 18.3. The SMILES string of the molecule is CCc1nc(CN2CCC(CNC(=NC)NCCc3ccccc3F)CC2)cs1. The third kappa shape index (κ3) is 6.78. The third-order valence-electron chi connectivity index (χ3n) is 5.42. The van der Waals surface area contributed by atoms with Crippen LogP contribution in [-0.2, 0) is 19.4 Å². The Bertz CT molecular complexity index is 783. The van der Waals surface area contributed by atoms with Gasteiger partial charge in [-0.2, -0.15) is 0 Å². The standard InChI is InChI=1S/C22H32FN5S/c1-3-21-27-19(16-29-21)15-28-12-9-17(10-13-28)14-26-22(24-2)25-11-8-18-6-4-5-7-20(18)23/h4-7,16-17H,3,8-15H2,1-2H3,(H2,24,25,26). The van der Waals surface area contributed by atoms with Crippen molar-refractivity contribution in [2.75, 3.05) is 33.2 Å². The lowest BCUT2D eigenvalue weighted by Crippen LogP contribution is -2.43. The van der Waals surface area contributed by atoms with E-state index in [0.29, 0.717) is 18.9 Å². The molecule has 2 heterocycles. The number of rotatable bonds is 8. The Morgan fingerprint density at radius 3 is 2.76 bits per heavy atom. The molecule has 0 aliphatic carbocycles. The van der Waals surface area contributed by atoms with Crippen LogP contribution in [0.1, 0.15) is 36.0 Å². The summed E-state index contributed by atoms with van der Waals surface area (Å²) in [4.78, 5) is 11.5. The number of nitrogens with zero attached hydrogens (tertiary/aromatic N) is 3. The molecule has 2 N–H and O–H groups in total. The Balaban J connectivity index is 1.33. The summed E-state index contributed by atoms with van der Waals surface area (Å²) in [6, 6.07) is 6.92. The highest BCUT2D eigenvalue weighted by atomic mass is 32.1. The predicted octanol–water partition coefficient (Wildman–Crippen LogP) is 3.46. The number of aromatic nitrogens is 1. The first kappa shape index (κ1) is 21.7. The number of nitrogens with one attached hydrogen (secondary N) is 2. The maximum Gasteiger partial charge on any atom is 0.190 e. The Labute approximate surface area is 177 Å². The largest absolute Gasteiger partial charge is 0.356 e. The molecule has 1 aliphatic heterocycles. The van der Waals surface area contributed by atoms with Crippen molar-refractivity contribution in [1.29, 1.82) is 0 Å². The smallest absolute Gasteiger partial charge is 0.190 e. The molecular formula is C22H32FN5S. The number of piperidine rings is 1. The lowest BCUT2D eigenvalue weighted by molar-refractivity contribution is 0.176. The van der Waals surface area contributed by atoms with Crippen LogP contribution in [0.4, 0.5) is 4.39 Å². The topological polar surface area (TPSA) is 52.6 Å². The number of thiazole rings is 1. The summed E-state index contributed by atoms with van der Waals surface area (Å²) in [6.07, 6.45) is 4.03. The van der Waals surface area contributed by atoms with Crippen LogP contribution in [0.3, 0.4) is 0 Å². The number of hydrogen-bond acceptors (Lipinski definition) is 4. The highest BCUT2D eigenvalue weighted by Crippen LogP contribution is 2.19. The van der Waals surface area contributed by atoms with Crippen molar-refractivity contribution in [3.63, 3.8) is 0 Å². The van der Waals surface area contributed by atoms with E-state index in [2.05, 4.69) is 37.8 Å². The van der Waals surface area contributed by atoms with Gasteiger partial charge in [0.05, 0.1) is 10.7 Å². The van der Waals surface area contributed by atoms with Crippen molar-refractivity contribution in [2.24, 2.45) is 10.9 Å². The molecule has 3 rings (SSSR count). The van der Waals surface area contributed by atoms with Gasteiger partial charge in [-0.05, 0) is 56.3 Å². The molecule has 2 aromatic rings. The predicted molar refractivity (Wildman–Crippen MR) is 119 cm³/mol. The fourth-order valence-electron chi connectivity index (χ4n) is 3.64. The van der Waals surface area contributed by atoms with E-state index in [-0.39, 0.29) is 5.82 Å². The van der Waals surface area contributed by atoms with Crippen LogP contribution < -0.4 is 10.6 Å². The van der Waals surface area contributed by atoms with Gasteiger partial charge in [0.1, 0.15) is 5.82 Å². The van der Waals surface area contributed by atoms with Crippen molar-refractivity contribution >= 4 is 17.3 Å². The van der Waals surface area contributed by atoms with Crippen molar-refractivity contribution in [3.8, 4) is 0 Å². The molecule has 7 heteroatoms. The van der Waals surface area contributed by atoms with Crippen LogP contribution in [-0.4, -0.2) is 49.1 Å². The van der Waals surface area contributed by atoms with Gasteiger partial charge in [-0.3, -0.25) is 9.89 Å². The summed E-state index contributed by atoms with van der Waals surface area (Å²) in [5.41, 5.74) is 1.94. The van der Waals surface area contributed by atoms with Crippen molar-refractivity contribution in [3.05, 3.63) is 51.7 Å². The average molecular weight is 418 g/mol. The van der Waals surface area contributed by atoms with Gasteiger partial charge < -0.3 is 10.6 Å². The minimum Gasteiger partial charge on any atom is -0.356 e. The number of hydrogen-bond donors (Lipinski definition) is 2. The Morgan fingerprint density at radius 2 is 2.07 bits per heavy atom. The van der Waals surface area contributed by atoms with E-state index < -0.39 is 0 Å². The van der Waals surface area contributed by atoms with Gasteiger partial charge in [0.15, 0.2) is 5.96 Å². The number of benzene rings is 1. The maximum atomic E-state index is 13.7. The van der Waals surface area contributed by atoms with Crippen LogP contribution in [0.15, 0.2) is 34.6 Å². The zero-order valence-electron chi connectivity index (χ0n) is 17.5. The molecule has 1 aromatic heterocycles. The first-order valence-corrected chi connectivity index (χ1v) is 11.4. The maximum absolute atomic E-state index is 13.7. The van der Waals surface area contributed by atoms with Crippen molar-refractivity contribution in [1.82, 2.24) is 20.5 Å². The summed E-state index contributed by atoms with van der Waals surface area (Å²) in [6.45, 7) is 6.94. The summed E-state index contributed by atoms with van der Waals surface area (Å²) in [7, 11) is 1.78. The molecule has 0 amide bonds. The Kier molecular flexibility index (Phi) is 8.43. The van der Waals surface area contributed by atoms with E-state index in [9.17, 15) is 4.39 Å². The number of likely N-dealkylation sites (tertiary alicyclic amines) is 1. The minimum atomic E-state index is -0.146. The van der Waals surface area contributed by atoms with Crippen LogP contribution >= 0.6 is 11.3 Å². The fourth-order valence-corrected chi connectivity index (χ4v) is 4.38. The fraction of sp³-hybridized carbons (Fsp3) is 0.545.